The number of carbonyl (C=O) groups excluding carboxylic acids is 1. The quantitative estimate of drug-likeness (QED) is 0.318. The zero-order valence-electron chi connectivity index (χ0n) is 16.2. The lowest BCUT2D eigenvalue weighted by molar-refractivity contribution is -0.384. The molecule has 3 rings (SSSR count). The lowest BCUT2D eigenvalue weighted by Crippen LogP contribution is -2.14. The number of nitro groups is 1. The van der Waals surface area contributed by atoms with Gasteiger partial charge in [0.15, 0.2) is 0 Å². The van der Waals surface area contributed by atoms with Crippen LogP contribution in [0.3, 0.4) is 0 Å². The Labute approximate surface area is 182 Å². The number of hydrogen-bond acceptors (Lipinski definition) is 7. The minimum absolute atomic E-state index is 0.167. The van der Waals surface area contributed by atoms with Gasteiger partial charge in [0, 0.05) is 22.8 Å². The van der Waals surface area contributed by atoms with E-state index >= 15 is 0 Å². The monoisotopic (exact) mass is 444 g/mol. The second-order valence-corrected chi connectivity index (χ2v) is 8.12. The van der Waals surface area contributed by atoms with E-state index in [4.69, 9.17) is 9.47 Å². The molecular formula is C21H20N2O5S2. The van der Waals surface area contributed by atoms with Gasteiger partial charge >= 0.3 is 0 Å². The number of amides is 1. The fraction of sp³-hybridized carbons (Fsp3) is 0.190. The number of benzene rings is 2. The van der Waals surface area contributed by atoms with Crippen LogP contribution >= 0.6 is 23.1 Å². The molecule has 1 N–H and O–H groups in total. The molecule has 0 fully saturated rings. The van der Waals surface area contributed by atoms with Gasteiger partial charge in [-0.1, -0.05) is 6.07 Å². The lowest BCUT2D eigenvalue weighted by atomic mass is 10.2. The van der Waals surface area contributed by atoms with Crippen LogP contribution in [0.5, 0.6) is 17.2 Å². The molecule has 1 aromatic heterocycles. The molecule has 0 saturated carbocycles. The van der Waals surface area contributed by atoms with Crippen molar-refractivity contribution < 1.29 is 19.2 Å². The Bertz CT molecular complexity index is 991. The highest BCUT2D eigenvalue weighted by Gasteiger charge is 2.13. The second-order valence-electron chi connectivity index (χ2n) is 6.10. The van der Waals surface area contributed by atoms with E-state index in [1.54, 1.807) is 41.7 Å². The molecule has 0 spiro atoms. The van der Waals surface area contributed by atoms with Gasteiger partial charge in [0.25, 0.3) is 5.69 Å². The van der Waals surface area contributed by atoms with E-state index < -0.39 is 4.92 Å². The van der Waals surface area contributed by atoms with Crippen LogP contribution in [0.1, 0.15) is 11.8 Å². The summed E-state index contributed by atoms with van der Waals surface area (Å²) in [5.41, 5.74) is 0.145. The molecule has 7 nitrogen and oxygen atoms in total. The van der Waals surface area contributed by atoms with Crippen molar-refractivity contribution in [2.24, 2.45) is 0 Å². The Morgan fingerprint density at radius 1 is 1.13 bits per heavy atom. The third kappa shape index (κ3) is 6.50. The van der Waals surface area contributed by atoms with Gasteiger partial charge in [0.05, 0.1) is 29.0 Å². The first-order valence-corrected chi connectivity index (χ1v) is 11.2. The van der Waals surface area contributed by atoms with Gasteiger partial charge < -0.3 is 14.8 Å². The van der Waals surface area contributed by atoms with Crippen molar-refractivity contribution >= 4 is 40.4 Å². The van der Waals surface area contributed by atoms with Crippen molar-refractivity contribution in [2.75, 3.05) is 17.7 Å². The summed E-state index contributed by atoms with van der Waals surface area (Å²) >= 11 is 3.12. The van der Waals surface area contributed by atoms with Crippen LogP contribution in [0, 0.1) is 10.1 Å². The average molecular weight is 445 g/mol. The van der Waals surface area contributed by atoms with Crippen LogP contribution in [0.2, 0.25) is 0 Å². The van der Waals surface area contributed by atoms with E-state index in [1.165, 1.54) is 28.8 Å². The number of nitrogens with one attached hydrogen (secondary N) is 1. The highest BCUT2D eigenvalue weighted by molar-refractivity contribution is 7.99. The standard InChI is InChI=1S/C21H20N2O5S2/c1-2-27-17-5-7-18(8-6-17)28-19-11-15(10-16(12-19)23(25)26)22-21(24)14-29-13-20-4-3-9-30-20/h3-12H,2,13-14H2,1H3,(H,22,24). The topological polar surface area (TPSA) is 90.7 Å². The smallest absolute Gasteiger partial charge is 0.275 e. The molecule has 9 heteroatoms. The van der Waals surface area contributed by atoms with E-state index in [0.717, 1.165) is 5.75 Å². The van der Waals surface area contributed by atoms with Gasteiger partial charge in [-0.3, -0.25) is 14.9 Å². The number of nitrogens with zero attached hydrogens (tertiary/aromatic N) is 1. The molecule has 0 unspecified atom stereocenters. The van der Waals surface area contributed by atoms with Crippen molar-refractivity contribution in [3.05, 3.63) is 75.0 Å². The lowest BCUT2D eigenvalue weighted by Gasteiger charge is -2.10. The molecule has 0 aliphatic heterocycles. The zero-order valence-corrected chi connectivity index (χ0v) is 17.8. The number of thioether (sulfide) groups is 1. The molecule has 0 aliphatic carbocycles. The molecule has 3 aromatic rings. The molecule has 1 heterocycles. The van der Waals surface area contributed by atoms with E-state index in [-0.39, 0.29) is 23.1 Å². The molecule has 0 radical (unpaired) electrons. The molecule has 0 aliphatic rings. The number of anilines is 1. The fourth-order valence-corrected chi connectivity index (χ4v) is 4.23. The van der Waals surface area contributed by atoms with Gasteiger partial charge in [-0.25, -0.2) is 0 Å². The Kier molecular flexibility index (Phi) is 7.69. The molecule has 30 heavy (non-hydrogen) atoms. The first kappa shape index (κ1) is 21.7. The third-order valence-corrected chi connectivity index (χ3v) is 5.85. The van der Waals surface area contributed by atoms with Crippen molar-refractivity contribution in [2.45, 2.75) is 12.7 Å². The van der Waals surface area contributed by atoms with Gasteiger partial charge in [-0.05, 0) is 42.6 Å². The van der Waals surface area contributed by atoms with Crippen LogP contribution in [0.15, 0.2) is 60.0 Å². The number of hydrogen-bond donors (Lipinski definition) is 1. The predicted octanol–water partition coefficient (Wildman–Crippen LogP) is 5.72. The maximum Gasteiger partial charge on any atom is 0.275 e. The SMILES string of the molecule is CCOc1ccc(Oc2cc(NC(=O)CSCc3cccs3)cc([N+](=O)[O-])c2)cc1. The zero-order chi connectivity index (χ0) is 21.3. The predicted molar refractivity (Wildman–Crippen MR) is 120 cm³/mol. The molecule has 1 amide bonds. The summed E-state index contributed by atoms with van der Waals surface area (Å²) in [6, 6.07) is 15.1. The molecular weight excluding hydrogens is 424 g/mol. The second kappa shape index (κ2) is 10.7. The summed E-state index contributed by atoms with van der Waals surface area (Å²) in [6.45, 7) is 2.45. The summed E-state index contributed by atoms with van der Waals surface area (Å²) in [7, 11) is 0. The third-order valence-electron chi connectivity index (χ3n) is 3.81. The number of rotatable bonds is 10. The van der Waals surface area contributed by atoms with Crippen LogP contribution in [0.4, 0.5) is 11.4 Å². The van der Waals surface area contributed by atoms with Crippen molar-refractivity contribution in [3.8, 4) is 17.2 Å². The summed E-state index contributed by atoms with van der Waals surface area (Å²) in [5.74, 6) is 2.22. The normalized spacial score (nSPS) is 10.4. The van der Waals surface area contributed by atoms with Gasteiger partial charge in [-0.2, -0.15) is 0 Å². The molecule has 0 atom stereocenters. The van der Waals surface area contributed by atoms with Crippen LogP contribution in [-0.2, 0) is 10.5 Å². The van der Waals surface area contributed by atoms with Crippen molar-refractivity contribution in [1.82, 2.24) is 0 Å². The highest BCUT2D eigenvalue weighted by Crippen LogP contribution is 2.30. The van der Waals surface area contributed by atoms with Crippen LogP contribution in [0.25, 0.3) is 0 Å². The average Bonchev–Trinajstić information content (AvgIpc) is 3.23. The molecule has 156 valence electrons. The summed E-state index contributed by atoms with van der Waals surface area (Å²) in [6.07, 6.45) is 0. The van der Waals surface area contributed by atoms with Crippen LogP contribution < -0.4 is 14.8 Å². The highest BCUT2D eigenvalue weighted by atomic mass is 32.2. The van der Waals surface area contributed by atoms with Crippen molar-refractivity contribution in [1.29, 1.82) is 0 Å². The Morgan fingerprint density at radius 3 is 2.57 bits per heavy atom. The first-order valence-electron chi connectivity index (χ1n) is 9.13. The Hall–Kier alpha value is -3.04. The maximum absolute atomic E-state index is 12.2. The van der Waals surface area contributed by atoms with E-state index in [2.05, 4.69) is 5.32 Å². The first-order chi connectivity index (χ1) is 14.5. The number of non-ortho nitro benzene ring substituents is 1. The van der Waals surface area contributed by atoms with Gasteiger partial charge in [0.2, 0.25) is 5.91 Å². The van der Waals surface area contributed by atoms with E-state index in [0.29, 0.717) is 23.8 Å². The number of ether oxygens (including phenoxy) is 2. The van der Waals surface area contributed by atoms with Crippen LogP contribution in [-0.4, -0.2) is 23.2 Å². The minimum atomic E-state index is -0.522. The minimum Gasteiger partial charge on any atom is -0.494 e. The summed E-state index contributed by atoms with van der Waals surface area (Å²) in [5, 5.41) is 16.0. The number of nitro benzene ring substituents is 1. The number of carbonyl (C=O) groups is 1. The van der Waals surface area contributed by atoms with Gasteiger partial charge in [0.1, 0.15) is 17.2 Å². The van der Waals surface area contributed by atoms with E-state index in [1.807, 2.05) is 24.4 Å². The van der Waals surface area contributed by atoms with E-state index in [9.17, 15) is 14.9 Å². The maximum atomic E-state index is 12.2. The largest absolute Gasteiger partial charge is 0.494 e. The Morgan fingerprint density at radius 2 is 1.90 bits per heavy atom. The van der Waals surface area contributed by atoms with Gasteiger partial charge in [-0.15, -0.1) is 23.1 Å². The number of thiophene rings is 1. The van der Waals surface area contributed by atoms with Crippen molar-refractivity contribution in [3.63, 3.8) is 0 Å². The molecule has 0 bridgehead atoms. The summed E-state index contributed by atoms with van der Waals surface area (Å²) < 4.78 is 11.1. The molecule has 0 saturated heterocycles. The fourth-order valence-electron chi connectivity index (χ4n) is 2.56. The molecule has 2 aromatic carbocycles. The summed E-state index contributed by atoms with van der Waals surface area (Å²) in [4.78, 5) is 24.2. The Balaban J connectivity index is 1.65.